The number of methoxy groups -OCH3 is 1. The van der Waals surface area contributed by atoms with Crippen molar-refractivity contribution in [1.82, 2.24) is 0 Å². The summed E-state index contributed by atoms with van der Waals surface area (Å²) in [5.74, 6) is 0.269. The molecule has 116 valence electrons. The van der Waals surface area contributed by atoms with Crippen molar-refractivity contribution in [1.29, 1.82) is 0 Å². The molecule has 0 radical (unpaired) electrons. The zero-order chi connectivity index (χ0) is 15.7. The van der Waals surface area contributed by atoms with Crippen molar-refractivity contribution >= 4 is 11.8 Å². The topological polar surface area (TPSA) is 82.1 Å². The molecular formula is C15H20O6. The summed E-state index contributed by atoms with van der Waals surface area (Å²) in [6, 6.07) is 4.95. The van der Waals surface area contributed by atoms with Crippen LogP contribution in [0.15, 0.2) is 18.2 Å². The Bertz CT molecular complexity index is 483. The first-order chi connectivity index (χ1) is 10.1. The molecule has 0 heterocycles. The van der Waals surface area contributed by atoms with Crippen LogP contribution in [-0.4, -0.2) is 37.2 Å². The molecule has 0 aromatic heterocycles. The number of aliphatic hydroxyl groups is 1. The van der Waals surface area contributed by atoms with Crippen LogP contribution in [0.25, 0.3) is 0 Å². The van der Waals surface area contributed by atoms with Gasteiger partial charge in [-0.15, -0.1) is 0 Å². The number of hydrogen-bond acceptors (Lipinski definition) is 6. The molecule has 0 aliphatic carbocycles. The number of esters is 1. The van der Waals surface area contributed by atoms with E-state index in [1.165, 1.54) is 7.11 Å². The summed E-state index contributed by atoms with van der Waals surface area (Å²) >= 11 is 0. The number of benzene rings is 1. The Balaban J connectivity index is 2.47. The third-order valence-electron chi connectivity index (χ3n) is 2.71. The number of rotatable bonds is 9. The van der Waals surface area contributed by atoms with Crippen LogP contribution in [0.3, 0.4) is 0 Å². The molecule has 1 rings (SSSR count). The fourth-order valence-corrected chi connectivity index (χ4v) is 1.63. The second-order valence-corrected chi connectivity index (χ2v) is 4.28. The molecule has 0 unspecified atom stereocenters. The van der Waals surface area contributed by atoms with Crippen molar-refractivity contribution < 1.29 is 28.9 Å². The zero-order valence-electron chi connectivity index (χ0n) is 12.3. The van der Waals surface area contributed by atoms with Gasteiger partial charge in [-0.25, -0.2) is 0 Å². The van der Waals surface area contributed by atoms with Crippen molar-refractivity contribution in [2.75, 3.05) is 20.3 Å². The molecule has 0 atom stereocenters. The maximum atomic E-state index is 11.6. The highest BCUT2D eigenvalue weighted by Crippen LogP contribution is 2.28. The van der Waals surface area contributed by atoms with E-state index >= 15 is 0 Å². The molecule has 1 N–H and O–H groups in total. The van der Waals surface area contributed by atoms with Crippen LogP contribution >= 0.6 is 0 Å². The van der Waals surface area contributed by atoms with Crippen molar-refractivity contribution in [2.24, 2.45) is 0 Å². The molecule has 6 nitrogen and oxygen atoms in total. The van der Waals surface area contributed by atoms with Gasteiger partial charge in [-0.1, -0.05) is 6.07 Å². The lowest BCUT2D eigenvalue weighted by atomic mass is 10.2. The van der Waals surface area contributed by atoms with Gasteiger partial charge in [0.05, 0.1) is 26.7 Å². The third-order valence-corrected chi connectivity index (χ3v) is 2.71. The summed E-state index contributed by atoms with van der Waals surface area (Å²) in [4.78, 5) is 22.8. The minimum atomic E-state index is -0.393. The maximum Gasteiger partial charge on any atom is 0.306 e. The highest BCUT2D eigenvalue weighted by atomic mass is 16.5. The van der Waals surface area contributed by atoms with E-state index in [-0.39, 0.29) is 31.8 Å². The highest BCUT2D eigenvalue weighted by Gasteiger charge is 2.11. The van der Waals surface area contributed by atoms with Gasteiger partial charge in [-0.2, -0.15) is 0 Å². The van der Waals surface area contributed by atoms with Gasteiger partial charge in [0, 0.05) is 6.42 Å². The predicted molar refractivity (Wildman–Crippen MR) is 75.3 cm³/mol. The monoisotopic (exact) mass is 296 g/mol. The molecule has 0 aliphatic rings. The normalized spacial score (nSPS) is 10.0. The van der Waals surface area contributed by atoms with Crippen molar-refractivity contribution in [3.63, 3.8) is 0 Å². The first-order valence-corrected chi connectivity index (χ1v) is 6.68. The van der Waals surface area contributed by atoms with E-state index in [0.717, 1.165) is 0 Å². The SMILES string of the molecule is CCOC(=O)CCC(=O)COc1ccc(CO)cc1OC. The van der Waals surface area contributed by atoms with Crippen LogP contribution in [0.5, 0.6) is 11.5 Å². The van der Waals surface area contributed by atoms with E-state index in [9.17, 15) is 9.59 Å². The molecule has 0 amide bonds. The largest absolute Gasteiger partial charge is 0.493 e. The van der Waals surface area contributed by atoms with Gasteiger partial charge < -0.3 is 19.3 Å². The average molecular weight is 296 g/mol. The summed E-state index contributed by atoms with van der Waals surface area (Å²) in [7, 11) is 1.48. The Morgan fingerprint density at radius 1 is 1.19 bits per heavy atom. The van der Waals surface area contributed by atoms with Gasteiger partial charge >= 0.3 is 5.97 Å². The first-order valence-electron chi connectivity index (χ1n) is 6.68. The Kier molecular flexibility index (Phi) is 7.25. The summed E-state index contributed by atoms with van der Waals surface area (Å²) in [5, 5.41) is 9.04. The Morgan fingerprint density at radius 3 is 2.57 bits per heavy atom. The van der Waals surface area contributed by atoms with Crippen LogP contribution in [0.1, 0.15) is 25.3 Å². The molecule has 0 saturated heterocycles. The molecule has 21 heavy (non-hydrogen) atoms. The number of aliphatic hydroxyl groups excluding tert-OH is 1. The second kappa shape index (κ2) is 8.97. The number of carbonyl (C=O) groups is 2. The van der Waals surface area contributed by atoms with Gasteiger partial charge in [-0.05, 0) is 24.6 Å². The molecule has 0 saturated carbocycles. The molecule has 0 aliphatic heterocycles. The molecule has 0 fully saturated rings. The van der Waals surface area contributed by atoms with E-state index in [2.05, 4.69) is 0 Å². The first kappa shape index (κ1) is 17.0. The Hall–Kier alpha value is -2.08. The van der Waals surface area contributed by atoms with E-state index in [1.54, 1.807) is 25.1 Å². The number of hydrogen-bond donors (Lipinski definition) is 1. The molecular weight excluding hydrogens is 276 g/mol. The minimum Gasteiger partial charge on any atom is -0.493 e. The van der Waals surface area contributed by atoms with Gasteiger partial charge in [0.25, 0.3) is 0 Å². The van der Waals surface area contributed by atoms with Gasteiger partial charge in [0.1, 0.15) is 6.61 Å². The fourth-order valence-electron chi connectivity index (χ4n) is 1.63. The van der Waals surface area contributed by atoms with Gasteiger partial charge in [0.2, 0.25) is 0 Å². The van der Waals surface area contributed by atoms with Crippen LogP contribution in [0, 0.1) is 0 Å². The average Bonchev–Trinajstić information content (AvgIpc) is 2.51. The summed E-state index contributed by atoms with van der Waals surface area (Å²) in [6.45, 7) is 1.77. The van der Waals surface area contributed by atoms with E-state index in [1.807, 2.05) is 0 Å². The zero-order valence-corrected chi connectivity index (χ0v) is 12.3. The standard InChI is InChI=1S/C15H20O6/c1-3-20-15(18)7-5-12(17)10-21-13-6-4-11(9-16)8-14(13)19-2/h4,6,8,16H,3,5,7,9-10H2,1-2H3. The summed E-state index contributed by atoms with van der Waals surface area (Å²) in [5.41, 5.74) is 0.688. The second-order valence-electron chi connectivity index (χ2n) is 4.28. The summed E-state index contributed by atoms with van der Waals surface area (Å²) < 4.78 is 15.2. The Labute approximate surface area is 123 Å². The van der Waals surface area contributed by atoms with Crippen molar-refractivity contribution in [2.45, 2.75) is 26.4 Å². The quantitative estimate of drug-likeness (QED) is 0.695. The van der Waals surface area contributed by atoms with E-state index in [4.69, 9.17) is 19.3 Å². The molecule has 1 aromatic carbocycles. The molecule has 6 heteroatoms. The number of carbonyl (C=O) groups excluding carboxylic acids is 2. The lowest BCUT2D eigenvalue weighted by Gasteiger charge is -2.11. The number of ketones is 1. The van der Waals surface area contributed by atoms with Crippen molar-refractivity contribution in [3.05, 3.63) is 23.8 Å². The molecule has 1 aromatic rings. The Morgan fingerprint density at radius 2 is 1.95 bits per heavy atom. The third kappa shape index (κ3) is 5.83. The molecule has 0 spiro atoms. The lowest BCUT2D eigenvalue weighted by Crippen LogP contribution is -2.14. The summed E-state index contributed by atoms with van der Waals surface area (Å²) in [6.07, 6.45) is 0.131. The lowest BCUT2D eigenvalue weighted by molar-refractivity contribution is -0.144. The smallest absolute Gasteiger partial charge is 0.306 e. The van der Waals surface area contributed by atoms with E-state index < -0.39 is 5.97 Å². The van der Waals surface area contributed by atoms with Gasteiger partial charge in [-0.3, -0.25) is 9.59 Å². The van der Waals surface area contributed by atoms with Crippen LogP contribution < -0.4 is 9.47 Å². The van der Waals surface area contributed by atoms with Crippen LogP contribution in [0.2, 0.25) is 0 Å². The predicted octanol–water partition coefficient (Wildman–Crippen LogP) is 1.48. The number of ether oxygens (including phenoxy) is 3. The number of Topliss-reactive ketones (excluding diaryl/α,β-unsaturated/α-hetero) is 1. The van der Waals surface area contributed by atoms with Gasteiger partial charge in [0.15, 0.2) is 17.3 Å². The van der Waals surface area contributed by atoms with Crippen LogP contribution in [-0.2, 0) is 20.9 Å². The minimum absolute atomic E-state index is 0.0522. The highest BCUT2D eigenvalue weighted by molar-refractivity contribution is 5.84. The van der Waals surface area contributed by atoms with Crippen LogP contribution in [0.4, 0.5) is 0 Å². The fraction of sp³-hybridized carbons (Fsp3) is 0.467. The van der Waals surface area contributed by atoms with Crippen molar-refractivity contribution in [3.8, 4) is 11.5 Å². The molecule has 0 bridgehead atoms. The van der Waals surface area contributed by atoms with E-state index in [0.29, 0.717) is 23.7 Å². The maximum absolute atomic E-state index is 11.6.